The molecule has 3 aromatic rings. The van der Waals surface area contributed by atoms with Crippen LogP contribution in [0.1, 0.15) is 20.8 Å². The number of hydrazine groups is 1. The van der Waals surface area contributed by atoms with Gasteiger partial charge in [-0.1, -0.05) is 34.8 Å². The van der Waals surface area contributed by atoms with Crippen molar-refractivity contribution < 1.29 is 14.3 Å². The predicted octanol–water partition coefficient (Wildman–Crippen LogP) is 4.03. The zero-order chi connectivity index (χ0) is 20.4. The Morgan fingerprint density at radius 3 is 2.39 bits per heavy atom. The number of rotatable bonds is 4. The molecule has 3 rings (SSSR count). The Balaban J connectivity index is 2.03. The molecule has 0 aliphatic heterocycles. The Morgan fingerprint density at radius 2 is 1.71 bits per heavy atom. The Labute approximate surface area is 173 Å². The molecule has 10 heteroatoms. The van der Waals surface area contributed by atoms with Crippen LogP contribution in [0.25, 0.3) is 10.9 Å². The third-order valence-electron chi connectivity index (χ3n) is 3.82. The first-order valence-corrected chi connectivity index (χ1v) is 8.90. The molecule has 1 aromatic heterocycles. The molecule has 3 N–H and O–H groups in total. The first-order chi connectivity index (χ1) is 13.3. The average molecular weight is 441 g/mol. The maximum absolute atomic E-state index is 12.7. The van der Waals surface area contributed by atoms with Gasteiger partial charge >= 0.3 is 5.97 Å². The van der Waals surface area contributed by atoms with Crippen molar-refractivity contribution in [3.8, 4) is 0 Å². The highest BCUT2D eigenvalue weighted by molar-refractivity contribution is 6.36. The van der Waals surface area contributed by atoms with Gasteiger partial charge in [0.05, 0.1) is 23.3 Å². The fourth-order valence-electron chi connectivity index (χ4n) is 2.51. The lowest BCUT2D eigenvalue weighted by atomic mass is 10.1. The first-order valence-electron chi connectivity index (χ1n) is 7.77. The van der Waals surface area contributed by atoms with Crippen molar-refractivity contribution in [2.45, 2.75) is 0 Å². The molecule has 28 heavy (non-hydrogen) atoms. The van der Waals surface area contributed by atoms with E-state index in [1.807, 2.05) is 0 Å². The lowest BCUT2D eigenvalue weighted by Crippen LogP contribution is -2.34. The third-order valence-corrected chi connectivity index (χ3v) is 4.60. The van der Waals surface area contributed by atoms with Crippen LogP contribution in [0.15, 0.2) is 41.2 Å². The fourth-order valence-corrected chi connectivity index (χ4v) is 3.14. The number of pyridine rings is 1. The smallest absolute Gasteiger partial charge is 0.344 e. The summed E-state index contributed by atoms with van der Waals surface area (Å²) < 4.78 is 4.65. The van der Waals surface area contributed by atoms with Crippen molar-refractivity contribution in [1.82, 2.24) is 10.4 Å². The van der Waals surface area contributed by atoms with Gasteiger partial charge in [-0.05, 0) is 36.4 Å². The number of esters is 1. The molecule has 0 fully saturated rings. The van der Waals surface area contributed by atoms with E-state index in [1.165, 1.54) is 24.3 Å². The molecule has 7 nitrogen and oxygen atoms in total. The van der Waals surface area contributed by atoms with Gasteiger partial charge in [0.2, 0.25) is 5.43 Å². The van der Waals surface area contributed by atoms with Crippen LogP contribution in [0.3, 0.4) is 0 Å². The monoisotopic (exact) mass is 439 g/mol. The third kappa shape index (κ3) is 3.91. The summed E-state index contributed by atoms with van der Waals surface area (Å²) in [6.07, 6.45) is 0. The molecule has 0 atom stereocenters. The molecule has 0 spiro atoms. The maximum Gasteiger partial charge on any atom is 0.344 e. The number of hydrogen-bond donors (Lipinski definition) is 3. The number of fused-ring (bicyclic) bond motifs is 1. The number of ether oxygens (including phenoxy) is 1. The van der Waals surface area contributed by atoms with Crippen LogP contribution in [-0.2, 0) is 4.74 Å². The fraction of sp³-hybridized carbons (Fsp3) is 0.0556. The van der Waals surface area contributed by atoms with E-state index in [4.69, 9.17) is 34.8 Å². The van der Waals surface area contributed by atoms with E-state index in [9.17, 15) is 14.4 Å². The second kappa shape index (κ2) is 8.10. The predicted molar refractivity (Wildman–Crippen MR) is 108 cm³/mol. The van der Waals surface area contributed by atoms with Gasteiger partial charge in [-0.2, -0.15) is 0 Å². The van der Waals surface area contributed by atoms with Crippen molar-refractivity contribution in [3.05, 3.63) is 72.9 Å². The SMILES string of the molecule is COC(=O)c1c(C(=O)NNc2ccc(Cl)cc2Cl)[nH]c2cc(Cl)ccc2c1=O. The normalized spacial score (nSPS) is 10.6. The summed E-state index contributed by atoms with van der Waals surface area (Å²) in [5.74, 6) is -1.74. The molecule has 2 aromatic carbocycles. The molecule has 0 saturated carbocycles. The van der Waals surface area contributed by atoms with Crippen molar-refractivity contribution in [3.63, 3.8) is 0 Å². The minimum absolute atomic E-state index is 0.190. The van der Waals surface area contributed by atoms with Gasteiger partial charge in [-0.3, -0.25) is 20.4 Å². The van der Waals surface area contributed by atoms with Crippen LogP contribution < -0.4 is 16.3 Å². The van der Waals surface area contributed by atoms with Gasteiger partial charge in [-0.25, -0.2) is 4.79 Å². The van der Waals surface area contributed by atoms with Gasteiger partial charge in [-0.15, -0.1) is 0 Å². The summed E-state index contributed by atoms with van der Waals surface area (Å²) in [5, 5.41) is 1.23. The van der Waals surface area contributed by atoms with E-state index in [2.05, 4.69) is 20.6 Å². The molecule has 144 valence electrons. The van der Waals surface area contributed by atoms with Gasteiger partial charge in [0.25, 0.3) is 5.91 Å². The van der Waals surface area contributed by atoms with Gasteiger partial charge in [0, 0.05) is 15.4 Å². The minimum atomic E-state index is -0.951. The highest BCUT2D eigenvalue weighted by Gasteiger charge is 2.24. The number of carbonyl (C=O) groups is 2. The lowest BCUT2D eigenvalue weighted by molar-refractivity contribution is 0.0594. The molecule has 0 aliphatic rings. The van der Waals surface area contributed by atoms with Crippen LogP contribution in [-0.4, -0.2) is 24.0 Å². The average Bonchev–Trinajstić information content (AvgIpc) is 2.66. The van der Waals surface area contributed by atoms with E-state index < -0.39 is 22.9 Å². The number of H-pyrrole nitrogens is 1. The molecule has 0 aliphatic carbocycles. The highest BCUT2D eigenvalue weighted by Crippen LogP contribution is 2.25. The first kappa shape index (κ1) is 20.0. The lowest BCUT2D eigenvalue weighted by Gasteiger charge is -2.13. The number of carbonyl (C=O) groups excluding carboxylic acids is 2. The van der Waals surface area contributed by atoms with Crippen LogP contribution in [0, 0.1) is 0 Å². The molecule has 0 radical (unpaired) electrons. The largest absolute Gasteiger partial charge is 0.465 e. The topological polar surface area (TPSA) is 100 Å². The quantitative estimate of drug-likeness (QED) is 0.420. The van der Waals surface area contributed by atoms with Gasteiger partial charge in [0.15, 0.2) is 0 Å². The number of hydrogen-bond acceptors (Lipinski definition) is 5. The molecule has 0 bridgehead atoms. The highest BCUT2D eigenvalue weighted by atomic mass is 35.5. The molecule has 0 unspecified atom stereocenters. The van der Waals surface area contributed by atoms with Crippen molar-refractivity contribution in [1.29, 1.82) is 0 Å². The molecule has 0 saturated heterocycles. The molecular weight excluding hydrogens is 429 g/mol. The molecular formula is C18H12Cl3N3O4. The molecule has 1 amide bonds. The Morgan fingerprint density at radius 1 is 1.04 bits per heavy atom. The van der Waals surface area contributed by atoms with E-state index in [1.54, 1.807) is 12.1 Å². The summed E-state index contributed by atoms with van der Waals surface area (Å²) in [6, 6.07) is 9.04. The number of anilines is 1. The van der Waals surface area contributed by atoms with Crippen LogP contribution in [0.5, 0.6) is 0 Å². The van der Waals surface area contributed by atoms with E-state index in [-0.39, 0.29) is 16.1 Å². The molecule has 1 heterocycles. The number of nitrogens with one attached hydrogen (secondary N) is 3. The number of halogens is 3. The van der Waals surface area contributed by atoms with Gasteiger partial charge < -0.3 is 9.72 Å². The van der Waals surface area contributed by atoms with Crippen molar-refractivity contribution in [2.75, 3.05) is 12.5 Å². The van der Waals surface area contributed by atoms with Crippen molar-refractivity contribution >= 4 is 63.3 Å². The summed E-state index contributed by atoms with van der Waals surface area (Å²) in [5.41, 5.74) is 4.26. The number of aromatic amines is 1. The Bertz CT molecular complexity index is 1160. The zero-order valence-corrected chi connectivity index (χ0v) is 16.5. The maximum atomic E-state index is 12.7. The second-order valence-electron chi connectivity index (χ2n) is 5.59. The summed E-state index contributed by atoms with van der Waals surface area (Å²) in [4.78, 5) is 40.3. The number of amides is 1. The summed E-state index contributed by atoms with van der Waals surface area (Å²) in [6.45, 7) is 0. The number of benzene rings is 2. The van der Waals surface area contributed by atoms with E-state index >= 15 is 0 Å². The Hall–Kier alpha value is -2.74. The van der Waals surface area contributed by atoms with E-state index in [0.717, 1.165) is 7.11 Å². The van der Waals surface area contributed by atoms with E-state index in [0.29, 0.717) is 21.2 Å². The van der Waals surface area contributed by atoms with Crippen LogP contribution in [0.4, 0.5) is 5.69 Å². The summed E-state index contributed by atoms with van der Waals surface area (Å²) >= 11 is 17.8. The number of aromatic nitrogens is 1. The number of methoxy groups -OCH3 is 1. The summed E-state index contributed by atoms with van der Waals surface area (Å²) in [7, 11) is 1.11. The second-order valence-corrected chi connectivity index (χ2v) is 6.87. The van der Waals surface area contributed by atoms with Crippen LogP contribution in [0.2, 0.25) is 15.1 Å². The standard InChI is InChI=1S/C18H12Cl3N3O4/c1-28-18(27)14-15(22-13-7-9(20)2-4-10(13)16(14)25)17(26)24-23-12-5-3-8(19)6-11(12)21/h2-7,23H,1H3,(H,22,25)(H,24,26). The van der Waals surface area contributed by atoms with Crippen molar-refractivity contribution in [2.24, 2.45) is 0 Å². The zero-order valence-electron chi connectivity index (χ0n) is 14.2. The van der Waals surface area contributed by atoms with Crippen LogP contribution >= 0.6 is 34.8 Å². The Kier molecular flexibility index (Phi) is 5.79. The van der Waals surface area contributed by atoms with Gasteiger partial charge in [0.1, 0.15) is 11.3 Å². The minimum Gasteiger partial charge on any atom is -0.465 e.